The van der Waals surface area contributed by atoms with Crippen LogP contribution in [0.25, 0.3) is 0 Å². The molecule has 1 aromatic rings. The summed E-state index contributed by atoms with van der Waals surface area (Å²) < 4.78 is 7.58. The lowest BCUT2D eigenvalue weighted by Gasteiger charge is -2.13. The average Bonchev–Trinajstić information content (AvgIpc) is 2.88. The minimum absolute atomic E-state index is 0.528. The number of nitrogens with two attached hydrogens (primary N) is 1. The number of nitrogens with zero attached hydrogens (tertiary/aromatic N) is 2. The van der Waals surface area contributed by atoms with Crippen LogP contribution in [-0.4, -0.2) is 23.4 Å². The maximum absolute atomic E-state index is 5.62. The fourth-order valence-electron chi connectivity index (χ4n) is 2.61. The van der Waals surface area contributed by atoms with Crippen LogP contribution in [0.4, 0.5) is 0 Å². The van der Waals surface area contributed by atoms with Crippen molar-refractivity contribution in [2.24, 2.45) is 5.73 Å². The monoisotopic (exact) mass is 223 g/mol. The molecule has 1 saturated carbocycles. The Morgan fingerprint density at radius 3 is 2.69 bits per heavy atom. The van der Waals surface area contributed by atoms with Gasteiger partial charge in [-0.25, -0.2) is 4.68 Å². The van der Waals surface area contributed by atoms with Crippen LogP contribution in [0.15, 0.2) is 0 Å². The summed E-state index contributed by atoms with van der Waals surface area (Å²) in [6.07, 6.45) is 5.90. The van der Waals surface area contributed by atoms with Gasteiger partial charge in [0.1, 0.15) is 0 Å². The lowest BCUT2D eigenvalue weighted by Crippen LogP contribution is -2.09. The number of hydrogen-bond donors (Lipinski definition) is 1. The maximum atomic E-state index is 5.62. The first kappa shape index (κ1) is 11.5. The van der Waals surface area contributed by atoms with Crippen LogP contribution in [0.5, 0.6) is 5.88 Å². The molecule has 0 amide bonds. The van der Waals surface area contributed by atoms with Crippen LogP contribution in [0.1, 0.15) is 43.0 Å². The van der Waals surface area contributed by atoms with Gasteiger partial charge in [-0.05, 0) is 32.7 Å². The van der Waals surface area contributed by atoms with E-state index in [0.29, 0.717) is 12.6 Å². The van der Waals surface area contributed by atoms with E-state index >= 15 is 0 Å². The molecule has 0 aliphatic heterocycles. The van der Waals surface area contributed by atoms with E-state index in [9.17, 15) is 0 Å². The second-order valence-corrected chi connectivity index (χ2v) is 4.49. The standard InChI is InChI=1S/C12H21N3O/c1-9-11(7-8-13)12(16-2)15(14-9)10-5-3-4-6-10/h10H,3-8,13H2,1-2H3. The third-order valence-corrected chi connectivity index (χ3v) is 3.42. The number of ether oxygens (including phenoxy) is 1. The molecule has 0 atom stereocenters. The zero-order valence-corrected chi connectivity index (χ0v) is 10.2. The van der Waals surface area contributed by atoms with Gasteiger partial charge in [0.15, 0.2) is 0 Å². The number of methoxy groups -OCH3 is 1. The Bertz CT molecular complexity index is 353. The first-order chi connectivity index (χ1) is 7.77. The van der Waals surface area contributed by atoms with Crippen LogP contribution >= 0.6 is 0 Å². The van der Waals surface area contributed by atoms with E-state index in [2.05, 4.69) is 9.78 Å². The number of rotatable bonds is 4. The molecule has 2 N–H and O–H groups in total. The molecular weight excluding hydrogens is 202 g/mol. The van der Waals surface area contributed by atoms with Crippen LogP contribution in [-0.2, 0) is 6.42 Å². The van der Waals surface area contributed by atoms with E-state index in [0.717, 1.165) is 18.0 Å². The Labute approximate surface area is 96.8 Å². The number of hydrogen-bond acceptors (Lipinski definition) is 3. The maximum Gasteiger partial charge on any atom is 0.215 e. The molecule has 0 unspecified atom stereocenters. The molecule has 1 aromatic heterocycles. The van der Waals surface area contributed by atoms with Gasteiger partial charge in [0.25, 0.3) is 0 Å². The smallest absolute Gasteiger partial charge is 0.215 e. The molecule has 4 nitrogen and oxygen atoms in total. The SMILES string of the molecule is COc1c(CCN)c(C)nn1C1CCCC1. The number of aromatic nitrogens is 2. The average molecular weight is 223 g/mol. The van der Waals surface area contributed by atoms with Crippen LogP contribution < -0.4 is 10.5 Å². The Hall–Kier alpha value is -1.03. The summed E-state index contributed by atoms with van der Waals surface area (Å²) in [4.78, 5) is 0. The Balaban J connectivity index is 2.33. The van der Waals surface area contributed by atoms with Gasteiger partial charge < -0.3 is 10.5 Å². The Morgan fingerprint density at radius 1 is 1.44 bits per heavy atom. The van der Waals surface area contributed by atoms with Crippen molar-refractivity contribution in [1.82, 2.24) is 9.78 Å². The molecule has 16 heavy (non-hydrogen) atoms. The zero-order chi connectivity index (χ0) is 11.5. The highest BCUT2D eigenvalue weighted by Gasteiger charge is 2.24. The second kappa shape index (κ2) is 4.87. The zero-order valence-electron chi connectivity index (χ0n) is 10.2. The van der Waals surface area contributed by atoms with E-state index in [4.69, 9.17) is 10.5 Å². The predicted octanol–water partition coefficient (Wildman–Crippen LogP) is 1.82. The second-order valence-electron chi connectivity index (χ2n) is 4.49. The minimum Gasteiger partial charge on any atom is -0.481 e. The molecule has 1 aliphatic rings. The molecule has 90 valence electrons. The molecule has 0 spiro atoms. The molecule has 0 bridgehead atoms. The van der Waals surface area contributed by atoms with Gasteiger partial charge in [-0.1, -0.05) is 12.8 Å². The molecule has 4 heteroatoms. The summed E-state index contributed by atoms with van der Waals surface area (Å²) in [5.74, 6) is 0.926. The van der Waals surface area contributed by atoms with Crippen molar-refractivity contribution < 1.29 is 4.74 Å². The van der Waals surface area contributed by atoms with E-state index in [1.807, 2.05) is 6.92 Å². The molecule has 2 rings (SSSR count). The van der Waals surface area contributed by atoms with Crippen LogP contribution in [0.2, 0.25) is 0 Å². The van der Waals surface area contributed by atoms with E-state index in [1.165, 1.54) is 31.2 Å². The van der Waals surface area contributed by atoms with E-state index < -0.39 is 0 Å². The van der Waals surface area contributed by atoms with Crippen molar-refractivity contribution in [3.63, 3.8) is 0 Å². The topological polar surface area (TPSA) is 53.1 Å². The molecule has 1 fully saturated rings. The normalized spacial score (nSPS) is 16.9. The molecule has 1 aliphatic carbocycles. The fraction of sp³-hybridized carbons (Fsp3) is 0.750. The quantitative estimate of drug-likeness (QED) is 0.847. The van der Waals surface area contributed by atoms with Crippen LogP contribution in [0, 0.1) is 6.92 Å². The fourth-order valence-corrected chi connectivity index (χ4v) is 2.61. The summed E-state index contributed by atoms with van der Waals surface area (Å²) in [6.45, 7) is 2.69. The van der Waals surface area contributed by atoms with Crippen molar-refractivity contribution in [2.75, 3.05) is 13.7 Å². The predicted molar refractivity (Wildman–Crippen MR) is 63.8 cm³/mol. The molecule has 1 heterocycles. The molecule has 0 aromatic carbocycles. The lowest BCUT2D eigenvalue weighted by atomic mass is 10.2. The van der Waals surface area contributed by atoms with Gasteiger partial charge in [0.05, 0.1) is 18.8 Å². The van der Waals surface area contributed by atoms with Gasteiger partial charge in [-0.3, -0.25) is 0 Å². The van der Waals surface area contributed by atoms with Crippen molar-refractivity contribution in [3.8, 4) is 5.88 Å². The lowest BCUT2D eigenvalue weighted by molar-refractivity contribution is 0.328. The van der Waals surface area contributed by atoms with Crippen molar-refractivity contribution in [2.45, 2.75) is 45.1 Å². The van der Waals surface area contributed by atoms with Crippen LogP contribution in [0.3, 0.4) is 0 Å². The highest BCUT2D eigenvalue weighted by atomic mass is 16.5. The third-order valence-electron chi connectivity index (χ3n) is 3.42. The van der Waals surface area contributed by atoms with Gasteiger partial charge in [0, 0.05) is 5.56 Å². The van der Waals surface area contributed by atoms with Gasteiger partial charge in [0.2, 0.25) is 5.88 Å². The summed E-state index contributed by atoms with van der Waals surface area (Å²) in [6, 6.07) is 0.528. The van der Waals surface area contributed by atoms with Gasteiger partial charge in [-0.2, -0.15) is 5.10 Å². The molecule has 0 saturated heterocycles. The Morgan fingerprint density at radius 2 is 2.12 bits per heavy atom. The summed E-state index contributed by atoms with van der Waals surface area (Å²) in [7, 11) is 1.72. The highest BCUT2D eigenvalue weighted by molar-refractivity contribution is 5.32. The van der Waals surface area contributed by atoms with Crippen molar-refractivity contribution >= 4 is 0 Å². The van der Waals surface area contributed by atoms with Crippen molar-refractivity contribution in [3.05, 3.63) is 11.3 Å². The largest absolute Gasteiger partial charge is 0.481 e. The van der Waals surface area contributed by atoms with Crippen molar-refractivity contribution in [1.29, 1.82) is 0 Å². The summed E-state index contributed by atoms with van der Waals surface area (Å²) >= 11 is 0. The van der Waals surface area contributed by atoms with Gasteiger partial charge >= 0.3 is 0 Å². The highest BCUT2D eigenvalue weighted by Crippen LogP contribution is 2.34. The van der Waals surface area contributed by atoms with Gasteiger partial charge in [-0.15, -0.1) is 0 Å². The molecular formula is C12H21N3O. The summed E-state index contributed by atoms with van der Waals surface area (Å²) in [5, 5.41) is 4.62. The third kappa shape index (κ3) is 1.94. The number of aryl methyl sites for hydroxylation is 1. The first-order valence-electron chi connectivity index (χ1n) is 6.10. The molecule has 0 radical (unpaired) electrons. The van der Waals surface area contributed by atoms with E-state index in [-0.39, 0.29) is 0 Å². The first-order valence-corrected chi connectivity index (χ1v) is 6.10. The van der Waals surface area contributed by atoms with E-state index in [1.54, 1.807) is 7.11 Å². The summed E-state index contributed by atoms with van der Waals surface area (Å²) in [5.41, 5.74) is 7.86. The minimum atomic E-state index is 0.528. The Kier molecular flexibility index (Phi) is 3.49.